The molecule has 2 aliphatic heterocycles. The number of ketones is 1. The van der Waals surface area contributed by atoms with Crippen LogP contribution in [0.5, 0.6) is 0 Å². The Balaban J connectivity index is 2.54. The molecule has 1 unspecified atom stereocenters. The summed E-state index contributed by atoms with van der Waals surface area (Å²) in [5, 5.41) is 0. The SMILES string of the molecule is C=C/C(C)=C\C(C)/C(=C\C(=N/C)C1=CC(=O)C(=C)CC(/C(C)=C\C(=C/C)N2C[C@H](C)CC(=C)[C@H](C)C2)=N1)C(=C)C. The first-order valence-corrected chi connectivity index (χ1v) is 14.3. The summed E-state index contributed by atoms with van der Waals surface area (Å²) in [5.41, 5.74) is 9.08. The smallest absolute Gasteiger partial charge is 0.183 e. The summed E-state index contributed by atoms with van der Waals surface area (Å²) >= 11 is 0. The first kappa shape index (κ1) is 32.7. The molecule has 2 rings (SSSR count). The van der Waals surface area contributed by atoms with Crippen molar-refractivity contribution in [3.8, 4) is 0 Å². The molecule has 4 nitrogen and oxygen atoms in total. The molecule has 0 aromatic carbocycles. The maximum absolute atomic E-state index is 13.0. The second-order valence-corrected chi connectivity index (χ2v) is 11.4. The Labute approximate surface area is 243 Å². The number of nitrogens with zero attached hydrogens (tertiary/aromatic N) is 3. The molecule has 0 amide bonds. The molecule has 0 aromatic heterocycles. The molecule has 4 heteroatoms. The van der Waals surface area contributed by atoms with E-state index in [9.17, 15) is 4.79 Å². The van der Waals surface area contributed by atoms with Crippen molar-refractivity contribution in [2.45, 2.75) is 61.3 Å². The fourth-order valence-electron chi connectivity index (χ4n) is 5.18. The molecule has 1 saturated heterocycles. The van der Waals surface area contributed by atoms with Crippen molar-refractivity contribution in [3.05, 3.63) is 108 Å². The van der Waals surface area contributed by atoms with Crippen LogP contribution < -0.4 is 0 Å². The summed E-state index contributed by atoms with van der Waals surface area (Å²) in [4.78, 5) is 25.0. The van der Waals surface area contributed by atoms with Crippen LogP contribution in [0, 0.1) is 17.8 Å². The van der Waals surface area contributed by atoms with Gasteiger partial charge >= 0.3 is 0 Å². The second kappa shape index (κ2) is 14.7. The summed E-state index contributed by atoms with van der Waals surface area (Å²) in [6.07, 6.45) is 13.4. The van der Waals surface area contributed by atoms with E-state index in [0.29, 0.717) is 35.2 Å². The Morgan fingerprint density at radius 1 is 1.18 bits per heavy atom. The summed E-state index contributed by atoms with van der Waals surface area (Å²) in [5.74, 6) is 0.943. The maximum atomic E-state index is 13.0. The predicted molar refractivity (Wildman–Crippen MR) is 175 cm³/mol. The average Bonchev–Trinajstić information content (AvgIpc) is 3.12. The van der Waals surface area contributed by atoms with Crippen LogP contribution in [0.15, 0.2) is 118 Å². The Hall–Kier alpha value is -3.53. The van der Waals surface area contributed by atoms with Crippen molar-refractivity contribution in [2.75, 3.05) is 20.1 Å². The van der Waals surface area contributed by atoms with E-state index >= 15 is 0 Å². The summed E-state index contributed by atoms with van der Waals surface area (Å²) in [6, 6.07) is 0. The zero-order chi connectivity index (χ0) is 30.1. The molecule has 2 heterocycles. The van der Waals surface area contributed by atoms with Crippen molar-refractivity contribution >= 4 is 17.2 Å². The van der Waals surface area contributed by atoms with E-state index in [1.54, 1.807) is 13.1 Å². The number of carbonyl (C=O) groups excluding carboxylic acids is 1. The number of allylic oxidation sites excluding steroid dienone is 11. The molecule has 40 heavy (non-hydrogen) atoms. The number of aliphatic imine (C=N–C) groups is 2. The molecule has 1 fully saturated rings. The molecule has 2 aliphatic rings. The number of rotatable bonds is 9. The zero-order valence-corrected chi connectivity index (χ0v) is 26.1. The lowest BCUT2D eigenvalue weighted by Gasteiger charge is -2.28. The second-order valence-electron chi connectivity index (χ2n) is 11.4. The summed E-state index contributed by atoms with van der Waals surface area (Å²) in [6.45, 7) is 33.2. The van der Waals surface area contributed by atoms with Crippen LogP contribution in [0.3, 0.4) is 0 Å². The Kier molecular flexibility index (Phi) is 12.0. The molecule has 3 atom stereocenters. The van der Waals surface area contributed by atoms with Crippen molar-refractivity contribution in [1.29, 1.82) is 0 Å². The minimum atomic E-state index is -0.122. The topological polar surface area (TPSA) is 45.0 Å². The van der Waals surface area contributed by atoms with Gasteiger partial charge in [0.2, 0.25) is 0 Å². The van der Waals surface area contributed by atoms with Gasteiger partial charge in [-0.15, -0.1) is 0 Å². The highest BCUT2D eigenvalue weighted by atomic mass is 16.1. The van der Waals surface area contributed by atoms with E-state index in [1.807, 2.05) is 26.0 Å². The summed E-state index contributed by atoms with van der Waals surface area (Å²) < 4.78 is 0. The zero-order valence-electron chi connectivity index (χ0n) is 26.1. The maximum Gasteiger partial charge on any atom is 0.183 e. The van der Waals surface area contributed by atoms with Gasteiger partial charge in [0.05, 0.1) is 11.4 Å². The number of likely N-dealkylation sites (tertiary alicyclic amines) is 1. The van der Waals surface area contributed by atoms with Crippen LogP contribution >= 0.6 is 0 Å². The molecule has 0 aliphatic carbocycles. The van der Waals surface area contributed by atoms with E-state index in [2.05, 4.69) is 89.1 Å². The van der Waals surface area contributed by atoms with Gasteiger partial charge in [0.1, 0.15) is 0 Å². The molecule has 0 N–H and O–H groups in total. The molecule has 0 aromatic rings. The normalized spacial score (nSPS) is 23.4. The minimum absolute atomic E-state index is 0.0983. The molecular formula is C36H49N3O. The third-order valence-corrected chi connectivity index (χ3v) is 7.68. The van der Waals surface area contributed by atoms with Crippen molar-refractivity contribution < 1.29 is 4.79 Å². The van der Waals surface area contributed by atoms with E-state index in [0.717, 1.165) is 53.2 Å². The predicted octanol–water partition coefficient (Wildman–Crippen LogP) is 8.57. The van der Waals surface area contributed by atoms with Crippen molar-refractivity contribution in [3.63, 3.8) is 0 Å². The van der Waals surface area contributed by atoms with Crippen LogP contribution in [0.2, 0.25) is 0 Å². The third kappa shape index (κ3) is 8.74. The fraction of sp³-hybridized carbons (Fsp3) is 0.417. The summed E-state index contributed by atoms with van der Waals surface area (Å²) in [7, 11) is 1.73. The standard InChI is InChI=1S/C36H49N3O/c1-13-24(5)15-27(8)32(23(3)4)19-34(37-12)35-20-36(40)29(10)18-33(38-35)28(9)17-31(14-2)39-21-25(6)16-26(7)30(11)22-39/h13-15,17,19-20,25,27,30H,1,3,7,10,16,18,21-22H2,2,4-6,8-9,11-12H3/b24-15-,28-17-,31-14+,32-19-,37-34+/t25-,27?,30-/m1/s1. The molecule has 0 bridgehead atoms. The molecular weight excluding hydrogens is 490 g/mol. The van der Waals surface area contributed by atoms with Gasteiger partial charge in [-0.3, -0.25) is 14.8 Å². The van der Waals surface area contributed by atoms with E-state index in [1.165, 1.54) is 5.57 Å². The van der Waals surface area contributed by atoms with E-state index < -0.39 is 0 Å². The molecule has 0 saturated carbocycles. The molecule has 0 spiro atoms. The van der Waals surface area contributed by atoms with Gasteiger partial charge in [0, 0.05) is 44.0 Å². The molecule has 214 valence electrons. The van der Waals surface area contributed by atoms with Crippen LogP contribution in [0.1, 0.15) is 61.3 Å². The minimum Gasteiger partial charge on any atom is -0.371 e. The lowest BCUT2D eigenvalue weighted by molar-refractivity contribution is -0.111. The van der Waals surface area contributed by atoms with Crippen LogP contribution in [-0.4, -0.2) is 42.2 Å². The first-order chi connectivity index (χ1) is 18.8. The highest BCUT2D eigenvalue weighted by molar-refractivity contribution is 6.20. The Bertz CT molecular complexity index is 1270. The Morgan fingerprint density at radius 2 is 1.85 bits per heavy atom. The van der Waals surface area contributed by atoms with Gasteiger partial charge in [0.25, 0.3) is 0 Å². The van der Waals surface area contributed by atoms with Crippen LogP contribution in [0.4, 0.5) is 0 Å². The lowest BCUT2D eigenvalue weighted by Crippen LogP contribution is -2.29. The largest absolute Gasteiger partial charge is 0.371 e. The lowest BCUT2D eigenvalue weighted by atomic mass is 9.92. The first-order valence-electron chi connectivity index (χ1n) is 14.3. The van der Waals surface area contributed by atoms with Crippen molar-refractivity contribution in [2.24, 2.45) is 27.7 Å². The van der Waals surface area contributed by atoms with Gasteiger partial charge in [-0.25, -0.2) is 0 Å². The Morgan fingerprint density at radius 3 is 2.42 bits per heavy atom. The van der Waals surface area contributed by atoms with Gasteiger partial charge in [-0.05, 0) is 80.7 Å². The van der Waals surface area contributed by atoms with E-state index in [4.69, 9.17) is 4.99 Å². The highest BCUT2D eigenvalue weighted by Gasteiger charge is 2.24. The number of carbonyl (C=O) groups is 1. The molecule has 0 radical (unpaired) electrons. The fourth-order valence-corrected chi connectivity index (χ4v) is 5.18. The van der Waals surface area contributed by atoms with E-state index in [-0.39, 0.29) is 11.7 Å². The van der Waals surface area contributed by atoms with Crippen LogP contribution in [-0.2, 0) is 4.79 Å². The monoisotopic (exact) mass is 539 g/mol. The van der Waals surface area contributed by atoms with Gasteiger partial charge in [0.15, 0.2) is 5.78 Å². The van der Waals surface area contributed by atoms with Gasteiger partial charge < -0.3 is 4.90 Å². The van der Waals surface area contributed by atoms with Gasteiger partial charge in [-0.2, -0.15) is 0 Å². The van der Waals surface area contributed by atoms with Gasteiger partial charge in [-0.1, -0.05) is 82.0 Å². The number of hydrogen-bond acceptors (Lipinski definition) is 4. The third-order valence-electron chi connectivity index (χ3n) is 7.68. The number of hydrogen-bond donors (Lipinski definition) is 0. The van der Waals surface area contributed by atoms with Crippen LogP contribution in [0.25, 0.3) is 0 Å². The average molecular weight is 540 g/mol. The van der Waals surface area contributed by atoms with Crippen molar-refractivity contribution in [1.82, 2.24) is 4.90 Å². The highest BCUT2D eigenvalue weighted by Crippen LogP contribution is 2.28. The quantitative estimate of drug-likeness (QED) is 0.127.